The second-order valence-electron chi connectivity index (χ2n) is 3.28. The summed E-state index contributed by atoms with van der Waals surface area (Å²) in [6, 6.07) is 3.92. The van der Waals surface area contributed by atoms with Crippen LogP contribution < -0.4 is 5.32 Å². The average molecular weight is 237 g/mol. The Kier molecular flexibility index (Phi) is 3.00. The van der Waals surface area contributed by atoms with Crippen LogP contribution in [0.4, 0.5) is 0 Å². The Morgan fingerprint density at radius 2 is 2.38 bits per heavy atom. The van der Waals surface area contributed by atoms with E-state index in [-0.39, 0.29) is 12.3 Å². The van der Waals surface area contributed by atoms with Crippen molar-refractivity contribution in [1.82, 2.24) is 15.5 Å². The molecule has 0 unspecified atom stereocenters. The van der Waals surface area contributed by atoms with Crippen LogP contribution >= 0.6 is 11.3 Å². The van der Waals surface area contributed by atoms with Crippen LogP contribution in [0.25, 0.3) is 10.8 Å². The summed E-state index contributed by atoms with van der Waals surface area (Å²) in [4.78, 5) is 17.4. The molecular formula is C10H11N3O2S. The first-order chi connectivity index (χ1) is 7.69. The average Bonchev–Trinajstić information content (AvgIpc) is 2.87. The number of thiophene rings is 1. The summed E-state index contributed by atoms with van der Waals surface area (Å²) in [7, 11) is 1.58. The van der Waals surface area contributed by atoms with Crippen LogP contribution in [-0.4, -0.2) is 23.1 Å². The lowest BCUT2D eigenvalue weighted by atomic mass is 10.4. The third kappa shape index (κ3) is 2.27. The van der Waals surface area contributed by atoms with E-state index in [2.05, 4.69) is 15.5 Å². The van der Waals surface area contributed by atoms with Gasteiger partial charge in [0.15, 0.2) is 5.82 Å². The molecule has 16 heavy (non-hydrogen) atoms. The molecule has 0 atom stereocenters. The van der Waals surface area contributed by atoms with Crippen molar-refractivity contribution in [2.24, 2.45) is 0 Å². The van der Waals surface area contributed by atoms with Crippen LogP contribution in [0.1, 0.15) is 10.7 Å². The maximum Gasteiger partial charge on any atom is 0.268 e. The zero-order valence-corrected chi connectivity index (χ0v) is 9.80. The highest BCUT2D eigenvalue weighted by atomic mass is 32.1. The molecule has 5 nitrogen and oxygen atoms in total. The molecule has 0 aliphatic carbocycles. The van der Waals surface area contributed by atoms with Gasteiger partial charge in [0, 0.05) is 11.9 Å². The lowest BCUT2D eigenvalue weighted by molar-refractivity contribution is -0.120. The molecule has 0 aliphatic heterocycles. The molecule has 6 heteroatoms. The quantitative estimate of drug-likeness (QED) is 0.876. The maximum atomic E-state index is 11.1. The zero-order chi connectivity index (χ0) is 11.5. The molecule has 0 saturated heterocycles. The minimum atomic E-state index is -0.130. The molecule has 0 saturated carbocycles. The van der Waals surface area contributed by atoms with Crippen molar-refractivity contribution in [3.05, 3.63) is 22.8 Å². The predicted molar refractivity (Wildman–Crippen MR) is 60.1 cm³/mol. The SMILES string of the molecule is CNC(=O)Cc1noc(-c2ccc(C)s2)n1. The summed E-state index contributed by atoms with van der Waals surface area (Å²) >= 11 is 1.58. The highest BCUT2D eigenvalue weighted by Gasteiger charge is 2.12. The molecule has 2 heterocycles. The van der Waals surface area contributed by atoms with E-state index in [0.717, 1.165) is 4.88 Å². The van der Waals surface area contributed by atoms with Gasteiger partial charge in [-0.25, -0.2) is 0 Å². The number of amides is 1. The zero-order valence-electron chi connectivity index (χ0n) is 8.98. The number of aromatic nitrogens is 2. The number of likely N-dealkylation sites (N-methyl/N-ethyl adjacent to an activating group) is 1. The number of carbonyl (C=O) groups excluding carboxylic acids is 1. The molecule has 2 aromatic rings. The van der Waals surface area contributed by atoms with E-state index in [0.29, 0.717) is 11.7 Å². The highest BCUT2D eigenvalue weighted by molar-refractivity contribution is 7.15. The fourth-order valence-electron chi connectivity index (χ4n) is 1.21. The monoisotopic (exact) mass is 237 g/mol. The lowest BCUT2D eigenvalue weighted by Gasteiger charge is -1.91. The molecule has 0 spiro atoms. The second kappa shape index (κ2) is 4.44. The number of hydrogen-bond donors (Lipinski definition) is 1. The molecule has 0 fully saturated rings. The van der Waals surface area contributed by atoms with Gasteiger partial charge in [0.2, 0.25) is 5.91 Å². The Bertz CT molecular complexity index is 504. The van der Waals surface area contributed by atoms with Gasteiger partial charge in [-0.15, -0.1) is 11.3 Å². The van der Waals surface area contributed by atoms with E-state index < -0.39 is 0 Å². The predicted octanol–water partition coefficient (Wildman–Crippen LogP) is 1.40. The molecule has 84 valence electrons. The van der Waals surface area contributed by atoms with Crippen LogP contribution in [0.5, 0.6) is 0 Å². The Balaban J connectivity index is 2.16. The van der Waals surface area contributed by atoms with Crippen LogP contribution in [0.3, 0.4) is 0 Å². The molecule has 1 N–H and O–H groups in total. The maximum absolute atomic E-state index is 11.1. The van der Waals surface area contributed by atoms with Crippen LogP contribution in [0.15, 0.2) is 16.7 Å². The lowest BCUT2D eigenvalue weighted by Crippen LogP contribution is -2.20. The molecule has 0 radical (unpaired) electrons. The van der Waals surface area contributed by atoms with E-state index in [9.17, 15) is 4.79 Å². The second-order valence-corrected chi connectivity index (χ2v) is 4.56. The number of hydrogen-bond acceptors (Lipinski definition) is 5. The summed E-state index contributed by atoms with van der Waals surface area (Å²) < 4.78 is 5.08. The van der Waals surface area contributed by atoms with Gasteiger partial charge in [0.1, 0.15) is 0 Å². The molecule has 0 aliphatic rings. The Morgan fingerprint density at radius 3 is 3.00 bits per heavy atom. The fourth-order valence-corrected chi connectivity index (χ4v) is 2.00. The largest absolute Gasteiger partial charge is 0.359 e. The van der Waals surface area contributed by atoms with E-state index in [1.165, 1.54) is 4.88 Å². The third-order valence-corrected chi connectivity index (χ3v) is 3.01. The van der Waals surface area contributed by atoms with Crippen molar-refractivity contribution in [1.29, 1.82) is 0 Å². The van der Waals surface area contributed by atoms with Crippen molar-refractivity contribution in [3.8, 4) is 10.8 Å². The van der Waals surface area contributed by atoms with Crippen LogP contribution in [0, 0.1) is 6.92 Å². The number of rotatable bonds is 3. The summed E-state index contributed by atoms with van der Waals surface area (Å²) in [6.45, 7) is 2.01. The van der Waals surface area contributed by atoms with Crippen molar-refractivity contribution >= 4 is 17.2 Å². The minimum Gasteiger partial charge on any atom is -0.359 e. The van der Waals surface area contributed by atoms with Gasteiger partial charge in [-0.2, -0.15) is 4.98 Å². The van der Waals surface area contributed by atoms with Crippen LogP contribution in [-0.2, 0) is 11.2 Å². The van der Waals surface area contributed by atoms with E-state index >= 15 is 0 Å². The summed E-state index contributed by atoms with van der Waals surface area (Å²) in [5, 5.41) is 6.26. The van der Waals surface area contributed by atoms with Gasteiger partial charge in [0.25, 0.3) is 5.89 Å². The van der Waals surface area contributed by atoms with Crippen LogP contribution in [0.2, 0.25) is 0 Å². The standard InChI is InChI=1S/C10H11N3O2S/c1-6-3-4-7(16-6)10-12-8(13-15-10)5-9(14)11-2/h3-4H,5H2,1-2H3,(H,11,14). The van der Waals surface area contributed by atoms with Crippen molar-refractivity contribution in [3.63, 3.8) is 0 Å². The van der Waals surface area contributed by atoms with Gasteiger partial charge in [-0.1, -0.05) is 5.16 Å². The summed E-state index contributed by atoms with van der Waals surface area (Å²) in [5.41, 5.74) is 0. The van der Waals surface area contributed by atoms with Gasteiger partial charge in [0.05, 0.1) is 11.3 Å². The fraction of sp³-hybridized carbons (Fsp3) is 0.300. The number of aryl methyl sites for hydroxylation is 1. The summed E-state index contributed by atoms with van der Waals surface area (Å²) in [6.07, 6.45) is 0.143. The molecule has 1 amide bonds. The Hall–Kier alpha value is -1.69. The Labute approximate surface area is 96.5 Å². The van der Waals surface area contributed by atoms with Gasteiger partial charge < -0.3 is 9.84 Å². The van der Waals surface area contributed by atoms with E-state index in [1.807, 2.05) is 19.1 Å². The smallest absolute Gasteiger partial charge is 0.268 e. The van der Waals surface area contributed by atoms with Gasteiger partial charge >= 0.3 is 0 Å². The first-order valence-electron chi connectivity index (χ1n) is 4.79. The molecule has 0 aromatic carbocycles. The first kappa shape index (κ1) is 10.8. The number of nitrogens with zero attached hydrogens (tertiary/aromatic N) is 2. The first-order valence-corrected chi connectivity index (χ1v) is 5.60. The van der Waals surface area contributed by atoms with E-state index in [4.69, 9.17) is 4.52 Å². The van der Waals surface area contributed by atoms with Gasteiger partial charge in [-0.05, 0) is 19.1 Å². The third-order valence-electron chi connectivity index (χ3n) is 2.02. The van der Waals surface area contributed by atoms with Crippen molar-refractivity contribution in [2.45, 2.75) is 13.3 Å². The van der Waals surface area contributed by atoms with E-state index in [1.54, 1.807) is 18.4 Å². The minimum absolute atomic E-state index is 0.130. The topological polar surface area (TPSA) is 68.0 Å². The van der Waals surface area contributed by atoms with Gasteiger partial charge in [-0.3, -0.25) is 4.79 Å². The van der Waals surface area contributed by atoms with Crippen molar-refractivity contribution in [2.75, 3.05) is 7.05 Å². The number of carbonyl (C=O) groups is 1. The molecular weight excluding hydrogens is 226 g/mol. The summed E-state index contributed by atoms with van der Waals surface area (Å²) in [5.74, 6) is 0.743. The molecule has 2 aromatic heterocycles. The highest BCUT2D eigenvalue weighted by Crippen LogP contribution is 2.25. The van der Waals surface area contributed by atoms with Crippen molar-refractivity contribution < 1.29 is 9.32 Å². The molecule has 2 rings (SSSR count). The molecule has 0 bridgehead atoms. The number of nitrogens with one attached hydrogen (secondary N) is 1. The Morgan fingerprint density at radius 1 is 1.56 bits per heavy atom. The normalized spacial score (nSPS) is 10.4.